The van der Waals surface area contributed by atoms with E-state index in [1.165, 1.54) is 31.4 Å². The third-order valence-corrected chi connectivity index (χ3v) is 6.24. The summed E-state index contributed by atoms with van der Waals surface area (Å²) in [6, 6.07) is 3.93. The maximum atomic E-state index is 13.9. The van der Waals surface area contributed by atoms with Crippen LogP contribution in [-0.4, -0.2) is 41.7 Å². The van der Waals surface area contributed by atoms with Crippen molar-refractivity contribution in [1.29, 1.82) is 0 Å². The van der Waals surface area contributed by atoms with Gasteiger partial charge in [0.1, 0.15) is 11.9 Å². The summed E-state index contributed by atoms with van der Waals surface area (Å²) in [5.74, 6) is 0.671. The summed E-state index contributed by atoms with van der Waals surface area (Å²) in [5, 5.41) is 6.97. The molecule has 2 fully saturated rings. The Morgan fingerprint density at radius 3 is 2.63 bits per heavy atom. The van der Waals surface area contributed by atoms with Gasteiger partial charge >= 0.3 is 0 Å². The van der Waals surface area contributed by atoms with Crippen molar-refractivity contribution in [2.75, 3.05) is 29.9 Å². The second kappa shape index (κ2) is 8.34. The number of nitrogens with zero attached hydrogens (tertiary/aromatic N) is 3. The van der Waals surface area contributed by atoms with Gasteiger partial charge in [-0.1, -0.05) is 0 Å². The number of rotatable bonds is 5. The summed E-state index contributed by atoms with van der Waals surface area (Å²) in [6.45, 7) is 3.22. The lowest BCUT2D eigenvalue weighted by molar-refractivity contribution is 0.163. The average Bonchev–Trinajstić information content (AvgIpc) is 2.73. The normalized spacial score (nSPS) is 19.9. The summed E-state index contributed by atoms with van der Waals surface area (Å²) < 4.78 is 32.8. The van der Waals surface area contributed by atoms with E-state index in [4.69, 9.17) is 14.7 Å². The zero-order chi connectivity index (χ0) is 20.5. The van der Waals surface area contributed by atoms with Crippen LogP contribution >= 0.6 is 0 Å². The minimum absolute atomic E-state index is 0.0981. The van der Waals surface area contributed by atoms with Crippen LogP contribution in [0.1, 0.15) is 43.5 Å². The Kier molecular flexibility index (Phi) is 5.41. The summed E-state index contributed by atoms with van der Waals surface area (Å²) in [7, 11) is 0. The molecule has 3 aliphatic rings. The fourth-order valence-corrected chi connectivity index (χ4v) is 4.25. The largest absolute Gasteiger partial charge is 0.487 e. The highest BCUT2D eigenvalue weighted by molar-refractivity contribution is 5.63. The molecule has 1 aromatic carbocycles. The van der Waals surface area contributed by atoms with Crippen molar-refractivity contribution in [3.63, 3.8) is 0 Å². The predicted octanol–water partition coefficient (Wildman–Crippen LogP) is 3.41. The second-order valence-corrected chi connectivity index (χ2v) is 8.37. The number of halogens is 2. The molecule has 0 bridgehead atoms. The van der Waals surface area contributed by atoms with Crippen LogP contribution in [0.2, 0.25) is 0 Å². The highest BCUT2D eigenvalue weighted by Gasteiger charge is 2.28. The number of fused-ring (bicyclic) bond motifs is 1. The third kappa shape index (κ3) is 4.05. The number of nitrogens with one attached hydrogen (secondary N) is 2. The van der Waals surface area contributed by atoms with Gasteiger partial charge in [0.2, 0.25) is 0 Å². The highest BCUT2D eigenvalue weighted by atomic mass is 19.1. The molecule has 1 aliphatic carbocycles. The minimum atomic E-state index is -0.654. The van der Waals surface area contributed by atoms with Gasteiger partial charge < -0.3 is 20.3 Å². The van der Waals surface area contributed by atoms with Crippen LogP contribution in [0.5, 0.6) is 5.75 Å². The van der Waals surface area contributed by atoms with E-state index in [1.54, 1.807) is 0 Å². The minimum Gasteiger partial charge on any atom is -0.487 e. The summed E-state index contributed by atoms with van der Waals surface area (Å²) in [6.07, 6.45) is 5.91. The van der Waals surface area contributed by atoms with Gasteiger partial charge in [0.15, 0.2) is 23.2 Å². The molecule has 0 atom stereocenters. The van der Waals surface area contributed by atoms with Crippen LogP contribution in [0.15, 0.2) is 18.2 Å². The molecule has 1 aromatic heterocycles. The van der Waals surface area contributed by atoms with Gasteiger partial charge in [-0.3, -0.25) is 0 Å². The lowest BCUT2D eigenvalue weighted by Crippen LogP contribution is -2.40. The molecule has 2 aromatic rings. The van der Waals surface area contributed by atoms with E-state index in [0.717, 1.165) is 74.5 Å². The molecule has 0 radical (unpaired) electrons. The Morgan fingerprint density at radius 1 is 1.07 bits per heavy atom. The Bertz CT molecular complexity index is 913. The maximum absolute atomic E-state index is 13.9. The fourth-order valence-electron chi connectivity index (χ4n) is 4.25. The Morgan fingerprint density at radius 2 is 1.90 bits per heavy atom. The van der Waals surface area contributed by atoms with Gasteiger partial charge in [-0.15, -0.1) is 0 Å². The number of anilines is 2. The van der Waals surface area contributed by atoms with Gasteiger partial charge in [-0.05, 0) is 31.4 Å². The summed E-state index contributed by atoms with van der Waals surface area (Å²) in [4.78, 5) is 12.2. The van der Waals surface area contributed by atoms with Crippen LogP contribution in [0.3, 0.4) is 0 Å². The highest BCUT2D eigenvalue weighted by Crippen LogP contribution is 2.32. The molecule has 160 valence electrons. The van der Waals surface area contributed by atoms with E-state index in [1.807, 2.05) is 0 Å². The zero-order valence-corrected chi connectivity index (χ0v) is 17.0. The molecule has 0 amide bonds. The molecule has 2 aliphatic heterocycles. The van der Waals surface area contributed by atoms with Gasteiger partial charge in [0.25, 0.3) is 0 Å². The number of piperidine rings is 1. The van der Waals surface area contributed by atoms with Crippen LogP contribution in [0.25, 0.3) is 0 Å². The van der Waals surface area contributed by atoms with Gasteiger partial charge in [0.05, 0.1) is 11.4 Å². The molecular weight excluding hydrogens is 388 g/mol. The topological polar surface area (TPSA) is 62.3 Å². The molecule has 0 unspecified atom stereocenters. The van der Waals surface area contributed by atoms with Crippen molar-refractivity contribution in [3.8, 4) is 5.75 Å². The first-order valence-electron chi connectivity index (χ1n) is 10.9. The van der Waals surface area contributed by atoms with Crippen LogP contribution < -0.4 is 20.3 Å². The first-order valence-corrected chi connectivity index (χ1v) is 10.9. The maximum Gasteiger partial charge on any atom is 0.172 e. The van der Waals surface area contributed by atoms with E-state index in [9.17, 15) is 8.78 Å². The lowest BCUT2D eigenvalue weighted by atomic mass is 9.93. The van der Waals surface area contributed by atoms with E-state index in [0.29, 0.717) is 6.04 Å². The van der Waals surface area contributed by atoms with Crippen molar-refractivity contribution in [2.24, 2.45) is 0 Å². The standard InChI is InChI=1S/C22H27F2N5O/c23-14-4-5-20(17(24)12-14)30-16-7-10-29(11-8-16)22-21(26-15-2-1-3-15)27-19-13-25-9-6-18(19)28-22/h4-5,12,15-16,25H,1-3,6-11,13H2,(H,26,27). The molecule has 5 rings (SSSR count). The second-order valence-electron chi connectivity index (χ2n) is 8.37. The molecule has 30 heavy (non-hydrogen) atoms. The number of benzene rings is 1. The molecule has 6 nitrogen and oxygen atoms in total. The van der Waals surface area contributed by atoms with Crippen molar-refractivity contribution in [2.45, 2.75) is 57.2 Å². The number of hydrogen-bond acceptors (Lipinski definition) is 6. The number of aromatic nitrogens is 2. The van der Waals surface area contributed by atoms with Crippen molar-refractivity contribution in [1.82, 2.24) is 15.3 Å². The Labute approximate surface area is 175 Å². The molecule has 0 spiro atoms. The average molecular weight is 415 g/mol. The number of hydrogen-bond donors (Lipinski definition) is 2. The van der Waals surface area contributed by atoms with Gasteiger partial charge in [0, 0.05) is 57.5 Å². The SMILES string of the molecule is Fc1ccc(OC2CCN(c3nc4c(nc3NC3CCC3)CNCC4)CC2)c(F)c1. The Balaban J connectivity index is 1.30. The van der Waals surface area contributed by atoms with E-state index in [-0.39, 0.29) is 11.9 Å². The molecule has 1 saturated heterocycles. The molecule has 1 saturated carbocycles. The van der Waals surface area contributed by atoms with Crippen molar-refractivity contribution >= 4 is 11.6 Å². The molecule has 8 heteroatoms. The smallest absolute Gasteiger partial charge is 0.172 e. The number of ether oxygens (including phenoxy) is 1. The zero-order valence-electron chi connectivity index (χ0n) is 17.0. The lowest BCUT2D eigenvalue weighted by Gasteiger charge is -2.35. The van der Waals surface area contributed by atoms with Gasteiger partial charge in [-0.25, -0.2) is 18.7 Å². The molecule has 3 heterocycles. The van der Waals surface area contributed by atoms with Crippen LogP contribution in [0, 0.1) is 11.6 Å². The summed E-state index contributed by atoms with van der Waals surface area (Å²) in [5.41, 5.74) is 2.12. The van der Waals surface area contributed by atoms with E-state index < -0.39 is 11.6 Å². The van der Waals surface area contributed by atoms with Crippen molar-refractivity contribution in [3.05, 3.63) is 41.2 Å². The Hall–Kier alpha value is -2.48. The third-order valence-electron chi connectivity index (χ3n) is 6.24. The molecular formula is C22H27F2N5O. The van der Waals surface area contributed by atoms with E-state index >= 15 is 0 Å². The van der Waals surface area contributed by atoms with Crippen LogP contribution in [0.4, 0.5) is 20.4 Å². The van der Waals surface area contributed by atoms with E-state index in [2.05, 4.69) is 15.5 Å². The summed E-state index contributed by atoms with van der Waals surface area (Å²) >= 11 is 0. The van der Waals surface area contributed by atoms with Gasteiger partial charge in [-0.2, -0.15) is 0 Å². The van der Waals surface area contributed by atoms with Crippen LogP contribution in [-0.2, 0) is 13.0 Å². The quantitative estimate of drug-likeness (QED) is 0.781. The predicted molar refractivity (Wildman–Crippen MR) is 111 cm³/mol. The first-order chi connectivity index (χ1) is 14.7. The fraction of sp³-hybridized carbons (Fsp3) is 0.545. The molecule has 2 N–H and O–H groups in total. The monoisotopic (exact) mass is 415 g/mol. The van der Waals surface area contributed by atoms with Crippen molar-refractivity contribution < 1.29 is 13.5 Å². The first kappa shape index (κ1) is 19.5.